The molecular formula is C10H14BrN3OS. The first-order valence-electron chi connectivity index (χ1n) is 5.18. The van der Waals surface area contributed by atoms with Crippen LogP contribution in [-0.2, 0) is 4.79 Å². The second-order valence-electron chi connectivity index (χ2n) is 4.12. The van der Waals surface area contributed by atoms with Crippen molar-refractivity contribution in [2.45, 2.75) is 18.9 Å². The molecule has 6 heteroatoms. The Hall–Kier alpha value is -0.460. The van der Waals surface area contributed by atoms with Crippen LogP contribution in [0.3, 0.4) is 0 Å². The summed E-state index contributed by atoms with van der Waals surface area (Å²) in [6.45, 7) is 0.898. The highest BCUT2D eigenvalue weighted by Gasteiger charge is 2.31. The molecule has 2 N–H and O–H groups in total. The lowest BCUT2D eigenvalue weighted by Gasteiger charge is -2.34. The van der Waals surface area contributed by atoms with Crippen LogP contribution in [0.5, 0.6) is 0 Å². The van der Waals surface area contributed by atoms with E-state index in [0.717, 1.165) is 28.2 Å². The number of aromatic nitrogens is 1. The van der Waals surface area contributed by atoms with Crippen LogP contribution in [0.4, 0.5) is 0 Å². The summed E-state index contributed by atoms with van der Waals surface area (Å²) in [6.07, 6.45) is 3.45. The van der Waals surface area contributed by atoms with Crippen LogP contribution in [0.1, 0.15) is 23.9 Å². The Labute approximate surface area is 107 Å². The predicted octanol–water partition coefficient (Wildman–Crippen LogP) is 1.77. The van der Waals surface area contributed by atoms with Gasteiger partial charge in [-0.15, -0.1) is 11.3 Å². The molecule has 88 valence electrons. The van der Waals surface area contributed by atoms with Gasteiger partial charge in [-0.3, -0.25) is 9.69 Å². The molecule has 4 nitrogen and oxygen atoms in total. The number of carbonyl (C=O) groups is 1. The monoisotopic (exact) mass is 303 g/mol. The quantitative estimate of drug-likeness (QED) is 0.906. The molecule has 0 spiro atoms. The molecule has 1 saturated heterocycles. The van der Waals surface area contributed by atoms with E-state index in [1.165, 1.54) is 0 Å². The number of primary amides is 1. The van der Waals surface area contributed by atoms with Crippen LogP contribution in [0, 0.1) is 5.92 Å². The Morgan fingerprint density at radius 2 is 2.50 bits per heavy atom. The molecule has 2 rings (SSSR count). The number of nitrogens with two attached hydrogens (primary N) is 1. The molecule has 2 atom stereocenters. The average molecular weight is 304 g/mol. The second-order valence-corrected chi connectivity index (χ2v) is 6.56. The van der Waals surface area contributed by atoms with Gasteiger partial charge in [-0.25, -0.2) is 4.98 Å². The molecular weight excluding hydrogens is 290 g/mol. The number of carbonyl (C=O) groups excluding carboxylic acids is 1. The lowest BCUT2D eigenvalue weighted by molar-refractivity contribution is -0.123. The van der Waals surface area contributed by atoms with Crippen molar-refractivity contribution < 1.29 is 4.79 Å². The number of amides is 1. The molecule has 0 radical (unpaired) electrons. The molecule has 1 aliphatic heterocycles. The second kappa shape index (κ2) is 4.81. The van der Waals surface area contributed by atoms with E-state index >= 15 is 0 Å². The molecule has 0 aliphatic carbocycles. The maximum Gasteiger partial charge on any atom is 0.220 e. The van der Waals surface area contributed by atoms with Gasteiger partial charge in [0.05, 0.1) is 16.0 Å². The summed E-state index contributed by atoms with van der Waals surface area (Å²) < 4.78 is 1.03. The highest BCUT2D eigenvalue weighted by molar-refractivity contribution is 9.11. The van der Waals surface area contributed by atoms with Crippen molar-refractivity contribution in [1.29, 1.82) is 0 Å². The van der Waals surface area contributed by atoms with E-state index in [0.29, 0.717) is 0 Å². The first-order chi connectivity index (χ1) is 7.58. The first kappa shape index (κ1) is 12.0. The molecule has 1 fully saturated rings. The fourth-order valence-corrected chi connectivity index (χ4v) is 3.47. The van der Waals surface area contributed by atoms with Gasteiger partial charge < -0.3 is 5.73 Å². The number of hydrogen-bond acceptors (Lipinski definition) is 4. The number of nitrogens with zero attached hydrogens (tertiary/aromatic N) is 2. The summed E-state index contributed by atoms with van der Waals surface area (Å²) >= 11 is 5.03. The number of hydrogen-bond donors (Lipinski definition) is 1. The van der Waals surface area contributed by atoms with Crippen molar-refractivity contribution >= 4 is 33.2 Å². The fourth-order valence-electron chi connectivity index (χ4n) is 2.05. The standard InChI is InChI=1S/C10H14BrN3OS/c1-14-3-2-6(9(12)15)4-7(14)10-13-5-8(11)16-10/h5-7H,2-4H2,1H3,(H2,12,15). The molecule has 2 heterocycles. The van der Waals surface area contributed by atoms with Crippen LogP contribution in [0.25, 0.3) is 0 Å². The van der Waals surface area contributed by atoms with Gasteiger partial charge in [0.25, 0.3) is 0 Å². The highest BCUT2D eigenvalue weighted by atomic mass is 79.9. The first-order valence-corrected chi connectivity index (χ1v) is 6.79. The SMILES string of the molecule is CN1CCC(C(N)=O)CC1c1ncc(Br)s1. The largest absolute Gasteiger partial charge is 0.369 e. The average Bonchev–Trinajstić information content (AvgIpc) is 2.65. The van der Waals surface area contributed by atoms with Crippen LogP contribution in [0.2, 0.25) is 0 Å². The maximum atomic E-state index is 11.2. The Kier molecular flexibility index (Phi) is 3.61. The van der Waals surface area contributed by atoms with E-state index in [1.807, 2.05) is 6.20 Å². The van der Waals surface area contributed by atoms with Gasteiger partial charge >= 0.3 is 0 Å². The molecule has 1 amide bonds. The summed E-state index contributed by atoms with van der Waals surface area (Å²) in [7, 11) is 2.07. The zero-order valence-electron chi connectivity index (χ0n) is 9.02. The van der Waals surface area contributed by atoms with Crippen molar-refractivity contribution in [3.8, 4) is 0 Å². The molecule has 0 saturated carbocycles. The van der Waals surface area contributed by atoms with E-state index in [9.17, 15) is 4.79 Å². The van der Waals surface area contributed by atoms with Crippen LogP contribution < -0.4 is 5.73 Å². The topological polar surface area (TPSA) is 59.2 Å². The Morgan fingerprint density at radius 1 is 1.75 bits per heavy atom. The molecule has 1 aromatic heterocycles. The van der Waals surface area contributed by atoms with Crippen molar-refractivity contribution in [2.24, 2.45) is 11.7 Å². The van der Waals surface area contributed by atoms with Gasteiger partial charge in [-0.1, -0.05) is 0 Å². The zero-order valence-corrected chi connectivity index (χ0v) is 11.4. The minimum absolute atomic E-state index is 0.0103. The van der Waals surface area contributed by atoms with Crippen LogP contribution >= 0.6 is 27.3 Å². The Morgan fingerprint density at radius 3 is 3.06 bits per heavy atom. The van der Waals surface area contributed by atoms with Gasteiger partial charge in [0.15, 0.2) is 0 Å². The van der Waals surface area contributed by atoms with E-state index in [2.05, 4.69) is 32.9 Å². The number of piperidine rings is 1. The molecule has 1 aromatic rings. The third-order valence-corrected chi connectivity index (χ3v) is 4.63. The molecule has 16 heavy (non-hydrogen) atoms. The van der Waals surface area contributed by atoms with E-state index in [-0.39, 0.29) is 17.9 Å². The van der Waals surface area contributed by atoms with Crippen molar-refractivity contribution in [1.82, 2.24) is 9.88 Å². The zero-order chi connectivity index (χ0) is 11.7. The minimum Gasteiger partial charge on any atom is -0.369 e. The number of likely N-dealkylation sites (tertiary alicyclic amines) is 1. The van der Waals surface area contributed by atoms with E-state index in [4.69, 9.17) is 5.73 Å². The summed E-state index contributed by atoms with van der Waals surface area (Å²) in [6, 6.07) is 0.225. The summed E-state index contributed by atoms with van der Waals surface area (Å²) in [5.74, 6) is -0.197. The maximum absolute atomic E-state index is 11.2. The fraction of sp³-hybridized carbons (Fsp3) is 0.600. The Bertz CT molecular complexity index is 395. The number of halogens is 1. The third kappa shape index (κ3) is 2.44. The molecule has 1 aliphatic rings. The number of rotatable bonds is 2. The predicted molar refractivity (Wildman–Crippen MR) is 67.1 cm³/mol. The van der Waals surface area contributed by atoms with Crippen LogP contribution in [0.15, 0.2) is 9.98 Å². The minimum atomic E-state index is -0.186. The molecule has 0 aromatic carbocycles. The van der Waals surface area contributed by atoms with Crippen molar-refractivity contribution in [3.05, 3.63) is 15.0 Å². The van der Waals surface area contributed by atoms with Crippen molar-refractivity contribution in [2.75, 3.05) is 13.6 Å². The lowest BCUT2D eigenvalue weighted by atomic mass is 9.91. The van der Waals surface area contributed by atoms with Crippen LogP contribution in [-0.4, -0.2) is 29.4 Å². The van der Waals surface area contributed by atoms with Gasteiger partial charge in [-0.05, 0) is 42.4 Å². The normalized spacial score (nSPS) is 26.9. The third-order valence-electron chi connectivity index (χ3n) is 3.05. The summed E-state index contributed by atoms with van der Waals surface area (Å²) in [5.41, 5.74) is 5.37. The summed E-state index contributed by atoms with van der Waals surface area (Å²) in [4.78, 5) is 17.8. The number of thiazole rings is 1. The van der Waals surface area contributed by atoms with Gasteiger partial charge in [-0.2, -0.15) is 0 Å². The van der Waals surface area contributed by atoms with Crippen molar-refractivity contribution in [3.63, 3.8) is 0 Å². The Balaban J connectivity index is 2.15. The summed E-state index contributed by atoms with van der Waals surface area (Å²) in [5, 5.41) is 1.06. The molecule has 0 bridgehead atoms. The van der Waals surface area contributed by atoms with Gasteiger partial charge in [0, 0.05) is 5.92 Å². The molecule has 2 unspecified atom stereocenters. The van der Waals surface area contributed by atoms with E-state index in [1.54, 1.807) is 11.3 Å². The van der Waals surface area contributed by atoms with E-state index < -0.39 is 0 Å². The van der Waals surface area contributed by atoms with Gasteiger partial charge in [0.2, 0.25) is 5.91 Å². The lowest BCUT2D eigenvalue weighted by Crippen LogP contribution is -2.38. The smallest absolute Gasteiger partial charge is 0.220 e. The highest BCUT2D eigenvalue weighted by Crippen LogP contribution is 2.35. The van der Waals surface area contributed by atoms with Gasteiger partial charge in [0.1, 0.15) is 5.01 Å².